The van der Waals surface area contributed by atoms with Gasteiger partial charge in [-0.05, 0) is 60.8 Å². The number of likely N-dealkylation sites (tertiary alicyclic amines) is 1. The van der Waals surface area contributed by atoms with Crippen LogP contribution in [0, 0.1) is 11.8 Å². The van der Waals surface area contributed by atoms with E-state index in [0.29, 0.717) is 18.0 Å². The Bertz CT molecular complexity index is 845. The van der Waals surface area contributed by atoms with Crippen LogP contribution in [0.4, 0.5) is 4.79 Å². The van der Waals surface area contributed by atoms with Crippen LogP contribution < -0.4 is 0 Å². The fourth-order valence-electron chi connectivity index (χ4n) is 4.28. The highest BCUT2D eigenvalue weighted by atomic mass is 16.6. The summed E-state index contributed by atoms with van der Waals surface area (Å²) >= 11 is 0. The van der Waals surface area contributed by atoms with Crippen LogP contribution in [-0.4, -0.2) is 30.6 Å². The molecule has 1 saturated heterocycles. The van der Waals surface area contributed by atoms with Gasteiger partial charge in [0.05, 0.1) is 18.7 Å². The van der Waals surface area contributed by atoms with E-state index in [-0.39, 0.29) is 24.7 Å². The summed E-state index contributed by atoms with van der Waals surface area (Å²) in [5.74, 6) is 1.10. The lowest BCUT2D eigenvalue weighted by Gasteiger charge is -2.39. The predicted molar refractivity (Wildman–Crippen MR) is 109 cm³/mol. The zero-order valence-corrected chi connectivity index (χ0v) is 16.8. The molecule has 0 aromatic heterocycles. The summed E-state index contributed by atoms with van der Waals surface area (Å²) in [5, 5.41) is 0. The van der Waals surface area contributed by atoms with Gasteiger partial charge in [0.1, 0.15) is 6.61 Å². The smallest absolute Gasteiger partial charge is 0.410 e. The number of esters is 1. The van der Waals surface area contributed by atoms with Crippen LogP contribution >= 0.6 is 0 Å². The molecule has 5 nitrogen and oxygen atoms in total. The average molecular weight is 393 g/mol. The molecule has 1 unspecified atom stereocenters. The van der Waals surface area contributed by atoms with Gasteiger partial charge in [0.15, 0.2) is 0 Å². The molecule has 152 valence electrons. The second-order valence-corrected chi connectivity index (χ2v) is 7.98. The van der Waals surface area contributed by atoms with Crippen molar-refractivity contribution in [3.05, 3.63) is 71.3 Å². The van der Waals surface area contributed by atoms with Gasteiger partial charge in [0.2, 0.25) is 0 Å². The van der Waals surface area contributed by atoms with E-state index in [0.717, 1.165) is 29.9 Å². The van der Waals surface area contributed by atoms with Crippen LogP contribution in [0.3, 0.4) is 0 Å². The van der Waals surface area contributed by atoms with E-state index in [9.17, 15) is 9.59 Å². The molecule has 5 heteroatoms. The molecule has 4 rings (SSSR count). The van der Waals surface area contributed by atoms with E-state index in [1.807, 2.05) is 47.4 Å². The van der Waals surface area contributed by atoms with Crippen molar-refractivity contribution in [2.75, 3.05) is 13.7 Å². The van der Waals surface area contributed by atoms with Crippen molar-refractivity contribution in [1.29, 1.82) is 0 Å². The van der Waals surface area contributed by atoms with Crippen molar-refractivity contribution in [2.45, 2.75) is 38.3 Å². The minimum absolute atomic E-state index is 0.0238. The molecule has 1 aliphatic carbocycles. The van der Waals surface area contributed by atoms with Crippen molar-refractivity contribution in [3.63, 3.8) is 0 Å². The number of hydrogen-bond acceptors (Lipinski definition) is 4. The number of methoxy groups -OCH3 is 1. The van der Waals surface area contributed by atoms with Crippen LogP contribution in [0.2, 0.25) is 0 Å². The van der Waals surface area contributed by atoms with E-state index in [1.165, 1.54) is 20.0 Å². The lowest BCUT2D eigenvalue weighted by Crippen LogP contribution is -2.41. The SMILES string of the molecule is COC(=O)c1ccc([C@@H]2CC(C3CC3)CCN2C(=O)OCc2ccccc2)cc1. The van der Waals surface area contributed by atoms with Gasteiger partial charge in [-0.3, -0.25) is 0 Å². The van der Waals surface area contributed by atoms with Crippen LogP contribution in [-0.2, 0) is 16.1 Å². The molecule has 2 aromatic carbocycles. The molecule has 1 saturated carbocycles. The topological polar surface area (TPSA) is 55.8 Å². The van der Waals surface area contributed by atoms with E-state index in [2.05, 4.69) is 0 Å². The van der Waals surface area contributed by atoms with Crippen molar-refractivity contribution in [3.8, 4) is 0 Å². The number of amides is 1. The molecule has 0 N–H and O–H groups in total. The molecule has 2 aromatic rings. The normalized spacial score (nSPS) is 21.5. The van der Waals surface area contributed by atoms with E-state index in [1.54, 1.807) is 12.1 Å². The third-order valence-electron chi connectivity index (χ3n) is 6.09. The fraction of sp³-hybridized carbons (Fsp3) is 0.417. The van der Waals surface area contributed by atoms with Gasteiger partial charge in [0, 0.05) is 6.54 Å². The Kier molecular flexibility index (Phi) is 5.84. The zero-order chi connectivity index (χ0) is 20.2. The molecule has 1 heterocycles. The minimum atomic E-state index is -0.352. The molecule has 0 bridgehead atoms. The number of nitrogens with zero attached hydrogens (tertiary/aromatic N) is 1. The molecule has 29 heavy (non-hydrogen) atoms. The first kappa shape index (κ1) is 19.5. The maximum absolute atomic E-state index is 12.9. The minimum Gasteiger partial charge on any atom is -0.465 e. The molecule has 1 aliphatic heterocycles. The highest BCUT2D eigenvalue weighted by Crippen LogP contribution is 2.46. The van der Waals surface area contributed by atoms with Crippen molar-refractivity contribution < 1.29 is 19.1 Å². The summed E-state index contributed by atoms with van der Waals surface area (Å²) in [6, 6.07) is 17.1. The van der Waals surface area contributed by atoms with Gasteiger partial charge in [-0.25, -0.2) is 9.59 Å². The Hall–Kier alpha value is -2.82. The molecule has 0 radical (unpaired) electrons. The summed E-state index contributed by atoms with van der Waals surface area (Å²) in [7, 11) is 1.38. The lowest BCUT2D eigenvalue weighted by atomic mass is 9.84. The van der Waals surface area contributed by atoms with Crippen molar-refractivity contribution >= 4 is 12.1 Å². The maximum Gasteiger partial charge on any atom is 0.410 e. The molecule has 2 aliphatic rings. The summed E-state index contributed by atoms with van der Waals surface area (Å²) < 4.78 is 10.4. The largest absolute Gasteiger partial charge is 0.465 e. The van der Waals surface area contributed by atoms with E-state index >= 15 is 0 Å². The number of hydrogen-bond donors (Lipinski definition) is 0. The first-order valence-corrected chi connectivity index (χ1v) is 10.3. The van der Waals surface area contributed by atoms with Gasteiger partial charge >= 0.3 is 12.1 Å². The summed E-state index contributed by atoms with van der Waals surface area (Å²) in [5.41, 5.74) is 2.54. The van der Waals surface area contributed by atoms with E-state index in [4.69, 9.17) is 9.47 Å². The van der Waals surface area contributed by atoms with E-state index < -0.39 is 0 Å². The van der Waals surface area contributed by atoms with Gasteiger partial charge in [0.25, 0.3) is 0 Å². The third-order valence-corrected chi connectivity index (χ3v) is 6.09. The Morgan fingerprint density at radius 3 is 2.34 bits per heavy atom. The monoisotopic (exact) mass is 393 g/mol. The number of rotatable bonds is 5. The Balaban J connectivity index is 1.49. The number of carbonyl (C=O) groups is 2. The predicted octanol–water partition coefficient (Wildman–Crippen LogP) is 4.97. The quantitative estimate of drug-likeness (QED) is 0.673. The lowest BCUT2D eigenvalue weighted by molar-refractivity contribution is 0.0534. The molecule has 2 atom stereocenters. The number of carbonyl (C=O) groups excluding carboxylic acids is 2. The van der Waals surface area contributed by atoms with Crippen LogP contribution in [0.15, 0.2) is 54.6 Å². The Morgan fingerprint density at radius 2 is 1.69 bits per heavy atom. The van der Waals surface area contributed by atoms with Gasteiger partial charge in [-0.1, -0.05) is 42.5 Å². The molecule has 2 fully saturated rings. The van der Waals surface area contributed by atoms with Gasteiger partial charge in [-0.15, -0.1) is 0 Å². The summed E-state index contributed by atoms with van der Waals surface area (Å²) in [4.78, 5) is 26.5. The van der Waals surface area contributed by atoms with Crippen molar-refractivity contribution in [1.82, 2.24) is 4.90 Å². The Morgan fingerprint density at radius 1 is 0.966 bits per heavy atom. The van der Waals surface area contributed by atoms with Gasteiger partial charge in [-0.2, -0.15) is 0 Å². The number of ether oxygens (including phenoxy) is 2. The number of piperidine rings is 1. The van der Waals surface area contributed by atoms with Crippen LogP contribution in [0.25, 0.3) is 0 Å². The fourth-order valence-corrected chi connectivity index (χ4v) is 4.28. The second kappa shape index (κ2) is 8.68. The highest BCUT2D eigenvalue weighted by Gasteiger charge is 2.40. The first-order chi connectivity index (χ1) is 14.2. The first-order valence-electron chi connectivity index (χ1n) is 10.3. The second-order valence-electron chi connectivity index (χ2n) is 7.98. The summed E-state index contributed by atoms with van der Waals surface area (Å²) in [6.07, 6.45) is 4.31. The Labute approximate surface area is 171 Å². The van der Waals surface area contributed by atoms with Crippen LogP contribution in [0.5, 0.6) is 0 Å². The zero-order valence-electron chi connectivity index (χ0n) is 16.8. The molecular weight excluding hydrogens is 366 g/mol. The van der Waals surface area contributed by atoms with Gasteiger partial charge < -0.3 is 14.4 Å². The summed E-state index contributed by atoms with van der Waals surface area (Å²) in [6.45, 7) is 0.981. The van der Waals surface area contributed by atoms with Crippen molar-refractivity contribution in [2.24, 2.45) is 11.8 Å². The average Bonchev–Trinajstić information content (AvgIpc) is 3.63. The molecule has 0 spiro atoms. The molecular formula is C24H27NO4. The third kappa shape index (κ3) is 4.61. The number of benzene rings is 2. The van der Waals surface area contributed by atoms with Crippen LogP contribution in [0.1, 0.15) is 53.2 Å². The highest BCUT2D eigenvalue weighted by molar-refractivity contribution is 5.89. The molecule has 1 amide bonds. The maximum atomic E-state index is 12.9. The standard InChI is InChI=1S/C24H27NO4/c1-28-23(26)20-11-9-19(10-12-20)22-15-21(18-7-8-18)13-14-25(22)24(27)29-16-17-5-3-2-4-6-17/h2-6,9-12,18,21-22H,7-8,13-16H2,1H3/t21?,22-/m0/s1.